The monoisotopic (exact) mass is 551 g/mol. The molecule has 4 atom stereocenters. The third-order valence-corrected chi connectivity index (χ3v) is 8.17. The molecule has 1 saturated heterocycles. The van der Waals surface area contributed by atoms with Gasteiger partial charge in [0.25, 0.3) is 0 Å². The van der Waals surface area contributed by atoms with E-state index in [0.717, 1.165) is 11.1 Å². The summed E-state index contributed by atoms with van der Waals surface area (Å²) < 4.78 is 19.3. The van der Waals surface area contributed by atoms with Crippen LogP contribution in [0.5, 0.6) is 5.75 Å². The molecular weight excluding hydrogens is 517 g/mol. The molecule has 2 fully saturated rings. The summed E-state index contributed by atoms with van der Waals surface area (Å²) in [6.07, 6.45) is 3.28. The van der Waals surface area contributed by atoms with Gasteiger partial charge in [-0.3, -0.25) is 14.4 Å². The Morgan fingerprint density at radius 3 is 2.60 bits per heavy atom. The summed E-state index contributed by atoms with van der Waals surface area (Å²) in [5, 5.41) is 15.2. The van der Waals surface area contributed by atoms with Crippen LogP contribution in [-0.2, 0) is 25.6 Å². The number of aliphatic carboxylic acids is 1. The molecule has 10 heteroatoms. The minimum absolute atomic E-state index is 0.0993. The first-order chi connectivity index (χ1) is 19.3. The number of halogens is 1. The van der Waals surface area contributed by atoms with Gasteiger partial charge >= 0.3 is 5.97 Å². The van der Waals surface area contributed by atoms with Crippen LogP contribution in [0.1, 0.15) is 62.0 Å². The van der Waals surface area contributed by atoms with Gasteiger partial charge in [0.1, 0.15) is 29.2 Å². The van der Waals surface area contributed by atoms with Crippen LogP contribution in [0, 0.1) is 5.82 Å². The minimum Gasteiger partial charge on any atom is -0.494 e. The molecule has 2 aromatic rings. The van der Waals surface area contributed by atoms with Crippen LogP contribution in [0.2, 0.25) is 0 Å². The predicted molar refractivity (Wildman–Crippen MR) is 143 cm³/mol. The molecule has 1 saturated carbocycles. The summed E-state index contributed by atoms with van der Waals surface area (Å²) in [4.78, 5) is 54.0. The van der Waals surface area contributed by atoms with E-state index in [-0.39, 0.29) is 30.5 Å². The molecule has 212 valence electrons. The van der Waals surface area contributed by atoms with Gasteiger partial charge in [-0.25, -0.2) is 9.18 Å². The minimum atomic E-state index is -1.16. The summed E-state index contributed by atoms with van der Waals surface area (Å²) in [7, 11) is 0. The second-order valence-electron chi connectivity index (χ2n) is 10.8. The van der Waals surface area contributed by atoms with E-state index < -0.39 is 35.4 Å². The molecule has 0 spiro atoms. The zero-order chi connectivity index (χ0) is 28.3. The average Bonchev–Trinajstić information content (AvgIpc) is 3.55. The molecule has 1 aliphatic carbocycles. The Morgan fingerprint density at radius 2 is 1.88 bits per heavy atom. The first-order valence-corrected chi connectivity index (χ1v) is 13.9. The zero-order valence-electron chi connectivity index (χ0n) is 22.2. The summed E-state index contributed by atoms with van der Waals surface area (Å²) in [6, 6.07) is 11.2. The van der Waals surface area contributed by atoms with Crippen molar-refractivity contribution in [3.63, 3.8) is 0 Å². The Balaban J connectivity index is 1.46. The lowest BCUT2D eigenvalue weighted by atomic mass is 10.0. The predicted octanol–water partition coefficient (Wildman–Crippen LogP) is 2.92. The molecule has 2 bridgehead atoms. The maximum absolute atomic E-state index is 14.0. The third kappa shape index (κ3) is 5.80. The van der Waals surface area contributed by atoms with Crippen molar-refractivity contribution in [2.75, 3.05) is 13.2 Å². The van der Waals surface area contributed by atoms with Crippen molar-refractivity contribution in [3.05, 3.63) is 65.5 Å². The number of carboxylic acid groups (broad SMARTS) is 1. The zero-order valence-corrected chi connectivity index (χ0v) is 22.2. The Morgan fingerprint density at radius 1 is 1.07 bits per heavy atom. The van der Waals surface area contributed by atoms with Crippen LogP contribution in [-0.4, -0.2) is 64.5 Å². The number of benzene rings is 2. The highest BCUT2D eigenvalue weighted by Gasteiger charge is 2.66. The maximum atomic E-state index is 14.0. The van der Waals surface area contributed by atoms with Gasteiger partial charge in [0.05, 0.1) is 6.61 Å². The number of ether oxygens (including phenoxy) is 1. The first kappa shape index (κ1) is 27.6. The molecule has 0 aromatic heterocycles. The van der Waals surface area contributed by atoms with Crippen LogP contribution in [0.4, 0.5) is 4.39 Å². The molecule has 1 unspecified atom stereocenters. The van der Waals surface area contributed by atoms with Crippen molar-refractivity contribution in [2.45, 2.75) is 74.9 Å². The number of fused-ring (bicyclic) bond motifs is 4. The Kier molecular flexibility index (Phi) is 8.04. The van der Waals surface area contributed by atoms with Crippen LogP contribution in [0.3, 0.4) is 0 Å². The highest BCUT2D eigenvalue weighted by atomic mass is 19.1. The number of amides is 3. The van der Waals surface area contributed by atoms with E-state index in [9.17, 15) is 28.7 Å². The molecule has 5 rings (SSSR count). The van der Waals surface area contributed by atoms with E-state index in [1.54, 1.807) is 17.0 Å². The van der Waals surface area contributed by atoms with Crippen molar-refractivity contribution in [3.8, 4) is 5.75 Å². The summed E-state index contributed by atoms with van der Waals surface area (Å²) in [5.74, 6) is -2.29. The van der Waals surface area contributed by atoms with E-state index in [2.05, 4.69) is 10.6 Å². The number of hydrogen-bond acceptors (Lipinski definition) is 5. The van der Waals surface area contributed by atoms with Gasteiger partial charge < -0.3 is 25.4 Å². The number of nitrogens with one attached hydrogen (secondary N) is 2. The van der Waals surface area contributed by atoms with Crippen molar-refractivity contribution < 1.29 is 33.4 Å². The lowest BCUT2D eigenvalue weighted by molar-refractivity contribution is -0.143. The molecule has 3 aliphatic rings. The van der Waals surface area contributed by atoms with Gasteiger partial charge in [-0.1, -0.05) is 24.3 Å². The largest absolute Gasteiger partial charge is 0.494 e. The van der Waals surface area contributed by atoms with Crippen LogP contribution >= 0.6 is 0 Å². The van der Waals surface area contributed by atoms with Gasteiger partial charge in [-0.2, -0.15) is 0 Å². The molecule has 3 N–H and O–H groups in total. The number of likely N-dealkylation sites (tertiary alicyclic amines) is 1. The molecule has 2 aliphatic heterocycles. The number of carbonyl (C=O) groups is 4. The fourth-order valence-electron chi connectivity index (χ4n) is 5.89. The van der Waals surface area contributed by atoms with Crippen LogP contribution < -0.4 is 15.4 Å². The van der Waals surface area contributed by atoms with E-state index >= 15 is 0 Å². The number of nitrogens with zero attached hydrogens (tertiary/aromatic N) is 1. The van der Waals surface area contributed by atoms with E-state index in [0.29, 0.717) is 57.4 Å². The van der Waals surface area contributed by atoms with Crippen molar-refractivity contribution in [1.29, 1.82) is 0 Å². The molecule has 3 amide bonds. The topological polar surface area (TPSA) is 125 Å². The summed E-state index contributed by atoms with van der Waals surface area (Å²) in [5.41, 5.74) is 0.526. The SMILES string of the molecule is O=C(O)[C@@H]1CCCCOc2cccc(c2)C2C[C@]2(N2CCCC2=O)C(=O)N[C@@H](CCc2ccc(F)cc2)C(=O)N1. The van der Waals surface area contributed by atoms with E-state index in [1.807, 2.05) is 24.3 Å². The van der Waals surface area contributed by atoms with Crippen molar-refractivity contribution >= 4 is 23.7 Å². The molecule has 9 nitrogen and oxygen atoms in total. The second-order valence-corrected chi connectivity index (χ2v) is 10.8. The molecule has 0 radical (unpaired) electrons. The second kappa shape index (κ2) is 11.7. The van der Waals surface area contributed by atoms with Crippen LogP contribution in [0.25, 0.3) is 0 Å². The first-order valence-electron chi connectivity index (χ1n) is 13.9. The van der Waals surface area contributed by atoms with Crippen molar-refractivity contribution in [2.24, 2.45) is 0 Å². The van der Waals surface area contributed by atoms with Gasteiger partial charge in [0.2, 0.25) is 17.7 Å². The van der Waals surface area contributed by atoms with Gasteiger partial charge in [0, 0.05) is 18.9 Å². The normalized spacial score (nSPS) is 27.3. The maximum Gasteiger partial charge on any atom is 0.326 e. The molecule has 2 aromatic carbocycles. The smallest absolute Gasteiger partial charge is 0.326 e. The fourth-order valence-corrected chi connectivity index (χ4v) is 5.89. The van der Waals surface area contributed by atoms with Gasteiger partial charge in [0.15, 0.2) is 0 Å². The number of aryl methyl sites for hydroxylation is 1. The molecule has 2 heterocycles. The van der Waals surface area contributed by atoms with Gasteiger partial charge in [-0.05, 0) is 80.3 Å². The van der Waals surface area contributed by atoms with Gasteiger partial charge in [-0.15, -0.1) is 0 Å². The fraction of sp³-hybridized carbons (Fsp3) is 0.467. The number of carboxylic acids is 1. The van der Waals surface area contributed by atoms with Crippen LogP contribution in [0.15, 0.2) is 48.5 Å². The van der Waals surface area contributed by atoms with E-state index in [1.165, 1.54) is 12.1 Å². The summed E-state index contributed by atoms with van der Waals surface area (Å²) in [6.45, 7) is 0.831. The Hall–Kier alpha value is -3.95. The number of hydrogen-bond donors (Lipinski definition) is 3. The third-order valence-electron chi connectivity index (χ3n) is 8.17. The average molecular weight is 552 g/mol. The standard InChI is InChI=1S/C30H34FN3O6/c31-21-12-9-19(10-13-21)11-14-24-27(36)32-25(28(37)38)7-1-2-16-40-22-6-3-5-20(17-22)23-18-30(23,29(39)33-24)34-15-4-8-26(34)35/h3,5-6,9-10,12-13,17,23-25H,1-2,4,7-8,11,14-16,18H2,(H,32,36)(H,33,39)(H,37,38)/t23?,24-,25-,30+/m0/s1. The Bertz CT molecular complexity index is 1280. The highest BCUT2D eigenvalue weighted by molar-refractivity contribution is 5.99. The molecule has 40 heavy (non-hydrogen) atoms. The lowest BCUT2D eigenvalue weighted by Crippen LogP contribution is -2.57. The highest BCUT2D eigenvalue weighted by Crippen LogP contribution is 2.57. The number of rotatable bonds is 5. The van der Waals surface area contributed by atoms with Crippen molar-refractivity contribution in [1.82, 2.24) is 15.5 Å². The number of carbonyl (C=O) groups excluding carboxylic acids is 3. The summed E-state index contributed by atoms with van der Waals surface area (Å²) >= 11 is 0. The Labute approximate surface area is 232 Å². The van der Waals surface area contributed by atoms with E-state index in [4.69, 9.17) is 4.74 Å². The lowest BCUT2D eigenvalue weighted by Gasteiger charge is -2.31. The quantitative estimate of drug-likeness (QED) is 0.525. The molecular formula is C30H34FN3O6.